The molecule has 0 radical (unpaired) electrons. The molecule has 0 spiro atoms. The zero-order valence-electron chi connectivity index (χ0n) is 29.4. The zero-order chi connectivity index (χ0) is 33.2. The number of rotatable bonds is 32. The number of carbonyl (C=O) groups is 2. The molecule has 0 amide bonds. The van der Waals surface area contributed by atoms with Crippen LogP contribution in [0.1, 0.15) is 206 Å². The molecule has 0 heterocycles. The first-order chi connectivity index (χ1) is 21.5. The van der Waals surface area contributed by atoms with Crippen LogP contribution in [-0.4, -0.2) is 45.6 Å². The van der Waals surface area contributed by atoms with Gasteiger partial charge in [-0.2, -0.15) is 0 Å². The highest BCUT2D eigenvalue weighted by molar-refractivity contribution is 5.66. The maximum absolute atomic E-state index is 10.3. The third-order valence-electron chi connectivity index (χ3n) is 7.75. The van der Waals surface area contributed by atoms with Gasteiger partial charge in [0.2, 0.25) is 0 Å². The summed E-state index contributed by atoms with van der Waals surface area (Å²) >= 11 is 0. The van der Waals surface area contributed by atoms with Gasteiger partial charge in [0.15, 0.2) is 0 Å². The Kier molecular flexibility index (Phi) is 49.2. The number of hydrogen-bond donors (Lipinski definition) is 4. The van der Waals surface area contributed by atoms with E-state index in [0.29, 0.717) is 12.8 Å². The van der Waals surface area contributed by atoms with Crippen LogP contribution < -0.4 is 0 Å². The van der Waals surface area contributed by atoms with Crippen molar-refractivity contribution in [2.45, 2.75) is 206 Å². The number of aliphatic carboxylic acids is 2. The van der Waals surface area contributed by atoms with E-state index >= 15 is 0 Å². The number of carboxylic acids is 2. The molecule has 0 unspecified atom stereocenters. The van der Waals surface area contributed by atoms with Crippen LogP contribution in [0.5, 0.6) is 0 Å². The summed E-state index contributed by atoms with van der Waals surface area (Å²) in [6, 6.07) is 0. The second-order valence-corrected chi connectivity index (χ2v) is 12.3. The fourth-order valence-corrected chi connectivity index (χ4v) is 4.99. The quantitative estimate of drug-likeness (QED) is 0.0435. The molecular formula is C38H76O6. The van der Waals surface area contributed by atoms with Crippen LogP contribution in [0, 0.1) is 0 Å². The number of allylic oxidation sites excluding steroid dienone is 2. The van der Waals surface area contributed by atoms with Crippen LogP contribution in [-0.2, 0) is 9.59 Å². The molecule has 6 nitrogen and oxygen atoms in total. The predicted octanol–water partition coefficient (Wildman–Crippen LogP) is 11.4. The lowest BCUT2D eigenvalue weighted by molar-refractivity contribution is -0.138. The summed E-state index contributed by atoms with van der Waals surface area (Å²) in [6.45, 7) is 4.28. The number of hydrogen-bond acceptors (Lipinski definition) is 4. The smallest absolute Gasteiger partial charge is 0.303 e. The van der Waals surface area contributed by atoms with Crippen LogP contribution in [0.25, 0.3) is 0 Å². The Morgan fingerprint density at radius 3 is 0.841 bits per heavy atom. The summed E-state index contributed by atoms with van der Waals surface area (Å²) in [5.41, 5.74) is 0. The van der Waals surface area contributed by atoms with Crippen molar-refractivity contribution in [2.24, 2.45) is 0 Å². The summed E-state index contributed by atoms with van der Waals surface area (Å²) in [7, 11) is 0. The standard InChI is InChI=1S/C18H36O2.C18H34O2.C2H6O2/c2*1-2-3-4-5-6-7-8-9-10-11-12-13-14-15-16-17-18(19)20;3-1-2-4/h2-17H2,1H3,(H,19,20);9-10H,2-8,11-17H2,1H3,(H,19,20);3-4H,1-2H2/b;10-9-;. The van der Waals surface area contributed by atoms with Crippen molar-refractivity contribution < 1.29 is 30.0 Å². The van der Waals surface area contributed by atoms with Crippen molar-refractivity contribution in [3.63, 3.8) is 0 Å². The fraction of sp³-hybridized carbons (Fsp3) is 0.895. The molecule has 0 saturated carbocycles. The average Bonchev–Trinajstić information content (AvgIpc) is 3.01. The molecule has 0 atom stereocenters. The van der Waals surface area contributed by atoms with Crippen molar-refractivity contribution in [3.8, 4) is 0 Å². The van der Waals surface area contributed by atoms with E-state index in [1.807, 2.05) is 0 Å². The molecule has 0 aromatic heterocycles. The van der Waals surface area contributed by atoms with Crippen LogP contribution in [0.3, 0.4) is 0 Å². The van der Waals surface area contributed by atoms with E-state index in [2.05, 4.69) is 26.0 Å². The van der Waals surface area contributed by atoms with Crippen molar-refractivity contribution in [3.05, 3.63) is 12.2 Å². The molecule has 264 valence electrons. The van der Waals surface area contributed by atoms with Crippen molar-refractivity contribution in [1.29, 1.82) is 0 Å². The van der Waals surface area contributed by atoms with E-state index in [-0.39, 0.29) is 13.2 Å². The lowest BCUT2D eigenvalue weighted by Crippen LogP contribution is -1.93. The second kappa shape index (κ2) is 46.0. The number of aliphatic hydroxyl groups excluding tert-OH is 2. The predicted molar refractivity (Wildman–Crippen MR) is 188 cm³/mol. The SMILES string of the molecule is CCCCCCCC/C=C\CCCCCCCC(=O)O.CCCCCCCCCCCCCCCCCC(=O)O.OCCO. The van der Waals surface area contributed by atoms with Gasteiger partial charge < -0.3 is 20.4 Å². The Balaban J connectivity index is -0.000000680. The molecule has 4 N–H and O–H groups in total. The third kappa shape index (κ3) is 56.4. The van der Waals surface area contributed by atoms with E-state index in [0.717, 1.165) is 25.7 Å². The first-order valence-electron chi connectivity index (χ1n) is 18.8. The zero-order valence-corrected chi connectivity index (χ0v) is 29.4. The van der Waals surface area contributed by atoms with Gasteiger partial charge in [0.1, 0.15) is 0 Å². The minimum atomic E-state index is -0.664. The highest BCUT2D eigenvalue weighted by Gasteiger charge is 1.98. The summed E-state index contributed by atoms with van der Waals surface area (Å²) in [6.07, 6.45) is 41.4. The van der Waals surface area contributed by atoms with Gasteiger partial charge in [0.25, 0.3) is 0 Å². The largest absolute Gasteiger partial charge is 0.481 e. The van der Waals surface area contributed by atoms with Crippen LogP contribution in [0.4, 0.5) is 0 Å². The molecular weight excluding hydrogens is 552 g/mol. The van der Waals surface area contributed by atoms with Gasteiger partial charge in [0.05, 0.1) is 13.2 Å². The molecule has 0 aliphatic heterocycles. The number of unbranched alkanes of at least 4 members (excludes halogenated alkanes) is 25. The van der Waals surface area contributed by atoms with Gasteiger partial charge in [0, 0.05) is 12.8 Å². The average molecular weight is 629 g/mol. The highest BCUT2D eigenvalue weighted by Crippen LogP contribution is 2.14. The van der Waals surface area contributed by atoms with Gasteiger partial charge in [-0.1, -0.05) is 167 Å². The highest BCUT2D eigenvalue weighted by atomic mass is 16.4. The second-order valence-electron chi connectivity index (χ2n) is 12.3. The van der Waals surface area contributed by atoms with Crippen molar-refractivity contribution in [2.75, 3.05) is 13.2 Å². The maximum Gasteiger partial charge on any atom is 0.303 e. The molecule has 0 fully saturated rings. The van der Waals surface area contributed by atoms with E-state index in [4.69, 9.17) is 20.4 Å². The lowest BCUT2D eigenvalue weighted by Gasteiger charge is -2.03. The summed E-state index contributed by atoms with van der Waals surface area (Å²) in [4.78, 5) is 20.7. The Morgan fingerprint density at radius 1 is 0.386 bits per heavy atom. The number of carboxylic acid groups (broad SMARTS) is 2. The van der Waals surface area contributed by atoms with Crippen LogP contribution >= 0.6 is 0 Å². The summed E-state index contributed by atoms with van der Waals surface area (Å²) in [5.74, 6) is -1.32. The Bertz CT molecular complexity index is 562. The Morgan fingerprint density at radius 2 is 0.614 bits per heavy atom. The molecule has 0 rings (SSSR count). The molecule has 0 saturated heterocycles. The maximum atomic E-state index is 10.3. The Hall–Kier alpha value is -1.40. The molecule has 6 heteroatoms. The monoisotopic (exact) mass is 629 g/mol. The van der Waals surface area contributed by atoms with Crippen molar-refractivity contribution >= 4 is 11.9 Å². The first kappa shape index (κ1) is 47.0. The minimum Gasteiger partial charge on any atom is -0.481 e. The molecule has 0 aliphatic rings. The number of aliphatic hydroxyl groups is 2. The minimum absolute atomic E-state index is 0.125. The van der Waals surface area contributed by atoms with E-state index < -0.39 is 11.9 Å². The van der Waals surface area contributed by atoms with Crippen molar-refractivity contribution in [1.82, 2.24) is 0 Å². The van der Waals surface area contributed by atoms with Crippen LogP contribution in [0.2, 0.25) is 0 Å². The molecule has 44 heavy (non-hydrogen) atoms. The Labute approximate surface area is 273 Å². The van der Waals surface area contributed by atoms with E-state index in [1.54, 1.807) is 0 Å². The van der Waals surface area contributed by atoms with E-state index in [1.165, 1.54) is 154 Å². The molecule has 0 aliphatic carbocycles. The third-order valence-corrected chi connectivity index (χ3v) is 7.75. The molecule has 0 aromatic rings. The summed E-state index contributed by atoms with van der Waals surface area (Å²) in [5, 5.41) is 32.3. The first-order valence-corrected chi connectivity index (χ1v) is 18.8. The van der Waals surface area contributed by atoms with Gasteiger partial charge >= 0.3 is 11.9 Å². The van der Waals surface area contributed by atoms with Gasteiger partial charge in [-0.15, -0.1) is 0 Å². The van der Waals surface area contributed by atoms with Crippen LogP contribution in [0.15, 0.2) is 12.2 Å². The van der Waals surface area contributed by atoms with Gasteiger partial charge in [-0.25, -0.2) is 0 Å². The normalized spacial score (nSPS) is 10.7. The molecule has 0 bridgehead atoms. The topological polar surface area (TPSA) is 115 Å². The lowest BCUT2D eigenvalue weighted by atomic mass is 10.0. The summed E-state index contributed by atoms with van der Waals surface area (Å²) < 4.78 is 0. The van der Waals surface area contributed by atoms with E-state index in [9.17, 15) is 9.59 Å². The van der Waals surface area contributed by atoms with Gasteiger partial charge in [-0.05, 0) is 38.5 Å². The van der Waals surface area contributed by atoms with Gasteiger partial charge in [-0.3, -0.25) is 9.59 Å². The fourth-order valence-electron chi connectivity index (χ4n) is 4.99. The molecule has 0 aromatic carbocycles.